The first-order chi connectivity index (χ1) is 10.1. The van der Waals surface area contributed by atoms with Crippen LogP contribution in [0.1, 0.15) is 45.6 Å². The molecule has 2 aliphatic rings. The standard InChI is InChI=1S/C18H26N2O/c1-12-5-4-6-17(13(12)2)19-16-7-8-18-15(11-16)9-10-20(18)14(3)21/h7-8,11-13,17,19H,4-6,9-10H2,1-3H3. The quantitative estimate of drug-likeness (QED) is 0.896. The summed E-state index contributed by atoms with van der Waals surface area (Å²) < 4.78 is 0. The van der Waals surface area contributed by atoms with E-state index < -0.39 is 0 Å². The lowest BCUT2D eigenvalue weighted by Crippen LogP contribution is -2.35. The van der Waals surface area contributed by atoms with Crippen LogP contribution in [-0.4, -0.2) is 18.5 Å². The van der Waals surface area contributed by atoms with Crippen LogP contribution in [0.3, 0.4) is 0 Å². The lowest BCUT2D eigenvalue weighted by atomic mass is 9.78. The van der Waals surface area contributed by atoms with Crippen LogP contribution < -0.4 is 10.2 Å². The number of nitrogens with one attached hydrogen (secondary N) is 1. The van der Waals surface area contributed by atoms with Crippen molar-refractivity contribution in [2.45, 2.75) is 52.5 Å². The Labute approximate surface area is 127 Å². The Morgan fingerprint density at radius 2 is 2.10 bits per heavy atom. The van der Waals surface area contributed by atoms with Crippen molar-refractivity contribution >= 4 is 17.3 Å². The molecule has 1 fully saturated rings. The number of anilines is 2. The van der Waals surface area contributed by atoms with E-state index in [-0.39, 0.29) is 5.91 Å². The second-order valence-electron chi connectivity index (χ2n) is 6.78. The maximum Gasteiger partial charge on any atom is 0.223 e. The Bertz CT molecular complexity index is 540. The van der Waals surface area contributed by atoms with Crippen LogP contribution in [0.15, 0.2) is 18.2 Å². The summed E-state index contributed by atoms with van der Waals surface area (Å²) in [5.41, 5.74) is 3.61. The summed E-state index contributed by atoms with van der Waals surface area (Å²) in [7, 11) is 0. The Kier molecular flexibility index (Phi) is 3.92. The molecule has 1 aliphatic heterocycles. The van der Waals surface area contributed by atoms with Crippen molar-refractivity contribution in [2.24, 2.45) is 11.8 Å². The number of rotatable bonds is 2. The lowest BCUT2D eigenvalue weighted by molar-refractivity contribution is -0.116. The van der Waals surface area contributed by atoms with E-state index in [9.17, 15) is 4.79 Å². The summed E-state index contributed by atoms with van der Waals surface area (Å²) in [6, 6.07) is 7.05. The molecule has 3 atom stereocenters. The number of hydrogen-bond donors (Lipinski definition) is 1. The summed E-state index contributed by atoms with van der Waals surface area (Å²) in [6.07, 6.45) is 4.92. The fourth-order valence-electron chi connectivity index (χ4n) is 3.82. The summed E-state index contributed by atoms with van der Waals surface area (Å²) in [5, 5.41) is 3.73. The van der Waals surface area contributed by atoms with Crippen molar-refractivity contribution in [2.75, 3.05) is 16.8 Å². The van der Waals surface area contributed by atoms with Gasteiger partial charge < -0.3 is 10.2 Å². The molecule has 1 aromatic carbocycles. The summed E-state index contributed by atoms with van der Waals surface area (Å²) in [6.45, 7) is 7.20. The van der Waals surface area contributed by atoms with Gasteiger partial charge in [-0.1, -0.05) is 26.7 Å². The number of amides is 1. The number of carbonyl (C=O) groups is 1. The van der Waals surface area contributed by atoms with Gasteiger partial charge in [-0.2, -0.15) is 0 Å². The molecule has 0 radical (unpaired) electrons. The van der Waals surface area contributed by atoms with E-state index in [2.05, 4.69) is 37.4 Å². The average molecular weight is 286 g/mol. The molecular weight excluding hydrogens is 260 g/mol. The van der Waals surface area contributed by atoms with Crippen LogP contribution in [0.4, 0.5) is 11.4 Å². The van der Waals surface area contributed by atoms with Crippen LogP contribution >= 0.6 is 0 Å². The van der Waals surface area contributed by atoms with E-state index in [1.165, 1.54) is 30.5 Å². The molecule has 114 valence electrons. The van der Waals surface area contributed by atoms with Gasteiger partial charge in [0.1, 0.15) is 0 Å². The smallest absolute Gasteiger partial charge is 0.223 e. The van der Waals surface area contributed by atoms with Gasteiger partial charge in [-0.15, -0.1) is 0 Å². The summed E-state index contributed by atoms with van der Waals surface area (Å²) in [5.74, 6) is 1.67. The fourth-order valence-corrected chi connectivity index (χ4v) is 3.82. The van der Waals surface area contributed by atoms with Gasteiger partial charge in [0.05, 0.1) is 0 Å². The third-order valence-electron chi connectivity index (χ3n) is 5.41. The zero-order valence-electron chi connectivity index (χ0n) is 13.4. The number of nitrogens with zero attached hydrogens (tertiary/aromatic N) is 1. The number of benzene rings is 1. The molecule has 1 aliphatic carbocycles. The van der Waals surface area contributed by atoms with Crippen molar-refractivity contribution in [3.05, 3.63) is 23.8 Å². The van der Waals surface area contributed by atoms with Crippen molar-refractivity contribution in [3.63, 3.8) is 0 Å². The second kappa shape index (κ2) is 5.70. The van der Waals surface area contributed by atoms with Crippen LogP contribution in [0, 0.1) is 11.8 Å². The van der Waals surface area contributed by atoms with Gasteiger partial charge in [-0.25, -0.2) is 0 Å². The molecule has 0 bridgehead atoms. The molecule has 0 spiro atoms. The van der Waals surface area contributed by atoms with Crippen LogP contribution in [0.2, 0.25) is 0 Å². The highest BCUT2D eigenvalue weighted by molar-refractivity contribution is 5.94. The van der Waals surface area contributed by atoms with E-state index in [1.807, 2.05) is 4.90 Å². The minimum Gasteiger partial charge on any atom is -0.382 e. The normalized spacial score (nSPS) is 28.3. The minimum atomic E-state index is 0.143. The topological polar surface area (TPSA) is 32.3 Å². The van der Waals surface area contributed by atoms with Crippen LogP contribution in [0.5, 0.6) is 0 Å². The van der Waals surface area contributed by atoms with Gasteiger partial charge in [-0.3, -0.25) is 4.79 Å². The highest BCUT2D eigenvalue weighted by atomic mass is 16.2. The molecule has 1 amide bonds. The van der Waals surface area contributed by atoms with Gasteiger partial charge in [0.15, 0.2) is 0 Å². The molecule has 21 heavy (non-hydrogen) atoms. The zero-order valence-corrected chi connectivity index (χ0v) is 13.4. The maximum atomic E-state index is 11.6. The average Bonchev–Trinajstić information content (AvgIpc) is 2.87. The number of hydrogen-bond acceptors (Lipinski definition) is 2. The molecule has 1 aromatic rings. The molecule has 3 heteroatoms. The van der Waals surface area contributed by atoms with E-state index in [0.717, 1.165) is 30.5 Å². The molecule has 0 aromatic heterocycles. The van der Waals surface area contributed by atoms with Crippen LogP contribution in [-0.2, 0) is 11.2 Å². The van der Waals surface area contributed by atoms with E-state index in [1.54, 1.807) is 6.92 Å². The number of carbonyl (C=O) groups excluding carboxylic acids is 1. The molecule has 0 saturated heterocycles. The molecule has 3 unspecified atom stereocenters. The van der Waals surface area contributed by atoms with Gasteiger partial charge in [-0.05, 0) is 48.4 Å². The van der Waals surface area contributed by atoms with Crippen molar-refractivity contribution in [1.82, 2.24) is 0 Å². The third-order valence-corrected chi connectivity index (χ3v) is 5.41. The number of fused-ring (bicyclic) bond motifs is 1. The Hall–Kier alpha value is -1.51. The van der Waals surface area contributed by atoms with E-state index in [0.29, 0.717) is 6.04 Å². The Morgan fingerprint density at radius 3 is 2.86 bits per heavy atom. The first kappa shape index (κ1) is 14.4. The molecule has 3 rings (SSSR count). The second-order valence-corrected chi connectivity index (χ2v) is 6.78. The highest BCUT2D eigenvalue weighted by Gasteiger charge is 2.27. The molecule has 1 N–H and O–H groups in total. The fraction of sp³-hybridized carbons (Fsp3) is 0.611. The lowest BCUT2D eigenvalue weighted by Gasteiger charge is -2.35. The molecular formula is C18H26N2O. The summed E-state index contributed by atoms with van der Waals surface area (Å²) in [4.78, 5) is 13.5. The zero-order chi connectivity index (χ0) is 15.0. The molecule has 3 nitrogen and oxygen atoms in total. The Balaban J connectivity index is 1.75. The molecule has 1 saturated carbocycles. The SMILES string of the molecule is CC(=O)N1CCc2cc(NC3CCCC(C)C3C)ccc21. The Morgan fingerprint density at radius 1 is 1.29 bits per heavy atom. The van der Waals surface area contributed by atoms with E-state index >= 15 is 0 Å². The van der Waals surface area contributed by atoms with Gasteiger partial charge in [0.25, 0.3) is 0 Å². The molecule has 1 heterocycles. The first-order valence-electron chi connectivity index (χ1n) is 8.24. The van der Waals surface area contributed by atoms with Crippen LogP contribution in [0.25, 0.3) is 0 Å². The van der Waals surface area contributed by atoms with Crippen molar-refractivity contribution in [3.8, 4) is 0 Å². The van der Waals surface area contributed by atoms with Crippen molar-refractivity contribution in [1.29, 1.82) is 0 Å². The van der Waals surface area contributed by atoms with Gasteiger partial charge >= 0.3 is 0 Å². The largest absolute Gasteiger partial charge is 0.382 e. The predicted molar refractivity (Wildman–Crippen MR) is 87.8 cm³/mol. The monoisotopic (exact) mass is 286 g/mol. The van der Waals surface area contributed by atoms with E-state index in [4.69, 9.17) is 0 Å². The minimum absolute atomic E-state index is 0.143. The third kappa shape index (κ3) is 2.78. The summed E-state index contributed by atoms with van der Waals surface area (Å²) >= 11 is 0. The van der Waals surface area contributed by atoms with Crippen molar-refractivity contribution < 1.29 is 4.79 Å². The first-order valence-corrected chi connectivity index (χ1v) is 8.24. The predicted octanol–water partition coefficient (Wildman–Crippen LogP) is 3.83. The van der Waals surface area contributed by atoms with Gasteiger partial charge in [0.2, 0.25) is 5.91 Å². The maximum absolute atomic E-state index is 11.6. The van der Waals surface area contributed by atoms with Gasteiger partial charge in [0, 0.05) is 30.9 Å². The highest BCUT2D eigenvalue weighted by Crippen LogP contribution is 2.34.